The van der Waals surface area contributed by atoms with Crippen molar-refractivity contribution in [3.63, 3.8) is 0 Å². The molecule has 0 aliphatic rings. The Labute approximate surface area is 90.4 Å². The standard InChI is InChI=1S/C11H8FNOS/c12-9-4-1-5-13-11(9)10(14)7-8-3-2-6-15-8/h1-6H,7H2. The third-order valence-corrected chi connectivity index (χ3v) is 2.81. The molecule has 0 saturated carbocycles. The molecule has 0 aromatic carbocycles. The summed E-state index contributed by atoms with van der Waals surface area (Å²) < 4.78 is 13.2. The zero-order valence-electron chi connectivity index (χ0n) is 7.81. The highest BCUT2D eigenvalue weighted by Gasteiger charge is 2.13. The molecular weight excluding hydrogens is 213 g/mol. The Morgan fingerprint density at radius 2 is 2.27 bits per heavy atom. The number of rotatable bonds is 3. The van der Waals surface area contributed by atoms with Crippen molar-refractivity contribution in [2.45, 2.75) is 6.42 Å². The Hall–Kier alpha value is -1.55. The molecular formula is C11H8FNOS. The van der Waals surface area contributed by atoms with Crippen molar-refractivity contribution in [1.82, 2.24) is 4.98 Å². The lowest BCUT2D eigenvalue weighted by Gasteiger charge is -1.99. The van der Waals surface area contributed by atoms with E-state index < -0.39 is 5.82 Å². The monoisotopic (exact) mass is 221 g/mol. The smallest absolute Gasteiger partial charge is 0.189 e. The van der Waals surface area contributed by atoms with Gasteiger partial charge in [-0.1, -0.05) is 6.07 Å². The van der Waals surface area contributed by atoms with Crippen molar-refractivity contribution in [3.8, 4) is 0 Å². The zero-order valence-corrected chi connectivity index (χ0v) is 8.63. The van der Waals surface area contributed by atoms with Gasteiger partial charge < -0.3 is 0 Å². The first-order valence-corrected chi connectivity index (χ1v) is 5.31. The lowest BCUT2D eigenvalue weighted by molar-refractivity contribution is 0.0985. The van der Waals surface area contributed by atoms with E-state index in [0.717, 1.165) is 4.88 Å². The van der Waals surface area contributed by atoms with E-state index in [9.17, 15) is 9.18 Å². The lowest BCUT2D eigenvalue weighted by atomic mass is 10.1. The van der Waals surface area contributed by atoms with Crippen LogP contribution in [-0.4, -0.2) is 10.8 Å². The van der Waals surface area contributed by atoms with Gasteiger partial charge in [0.05, 0.1) is 0 Å². The van der Waals surface area contributed by atoms with Gasteiger partial charge in [-0.25, -0.2) is 4.39 Å². The zero-order chi connectivity index (χ0) is 10.7. The van der Waals surface area contributed by atoms with Crippen LogP contribution in [0.15, 0.2) is 35.8 Å². The lowest BCUT2D eigenvalue weighted by Crippen LogP contribution is -2.07. The molecule has 0 aliphatic heterocycles. The molecule has 0 N–H and O–H groups in total. The molecule has 0 spiro atoms. The molecule has 0 radical (unpaired) electrons. The van der Waals surface area contributed by atoms with Crippen LogP contribution in [0.4, 0.5) is 4.39 Å². The summed E-state index contributed by atoms with van der Waals surface area (Å²) in [6.07, 6.45) is 1.64. The Morgan fingerprint density at radius 1 is 1.40 bits per heavy atom. The summed E-state index contributed by atoms with van der Waals surface area (Å²) in [5.41, 5.74) is -0.0779. The summed E-state index contributed by atoms with van der Waals surface area (Å²) in [5.74, 6) is -0.838. The van der Waals surface area contributed by atoms with Gasteiger partial charge in [0, 0.05) is 17.5 Å². The Bertz CT molecular complexity index is 467. The molecule has 0 saturated heterocycles. The van der Waals surface area contributed by atoms with Gasteiger partial charge in [0.25, 0.3) is 0 Å². The highest BCUT2D eigenvalue weighted by atomic mass is 32.1. The van der Waals surface area contributed by atoms with E-state index in [1.165, 1.54) is 29.7 Å². The number of hydrogen-bond donors (Lipinski definition) is 0. The number of Topliss-reactive ketones (excluding diaryl/α,β-unsaturated/α-hetero) is 1. The number of hydrogen-bond acceptors (Lipinski definition) is 3. The number of nitrogens with zero attached hydrogens (tertiary/aromatic N) is 1. The molecule has 0 aliphatic carbocycles. The van der Waals surface area contributed by atoms with Crippen LogP contribution in [0.3, 0.4) is 0 Å². The van der Waals surface area contributed by atoms with E-state index in [1.54, 1.807) is 0 Å². The van der Waals surface area contributed by atoms with Gasteiger partial charge in [-0.05, 0) is 23.6 Å². The second-order valence-corrected chi connectivity index (χ2v) is 4.05. The maximum atomic E-state index is 13.2. The third-order valence-electron chi connectivity index (χ3n) is 1.94. The molecule has 2 aromatic rings. The average molecular weight is 221 g/mol. The predicted octanol–water partition coefficient (Wildman–Crippen LogP) is 2.71. The molecule has 4 heteroatoms. The van der Waals surface area contributed by atoms with E-state index in [4.69, 9.17) is 0 Å². The number of thiophene rings is 1. The number of carbonyl (C=O) groups is 1. The molecule has 2 heterocycles. The number of halogens is 1. The highest BCUT2D eigenvalue weighted by molar-refractivity contribution is 7.10. The van der Waals surface area contributed by atoms with E-state index in [0.29, 0.717) is 0 Å². The van der Waals surface area contributed by atoms with Crippen LogP contribution in [-0.2, 0) is 6.42 Å². The van der Waals surface area contributed by atoms with Crippen molar-refractivity contribution in [2.24, 2.45) is 0 Å². The summed E-state index contributed by atoms with van der Waals surface area (Å²) in [6.45, 7) is 0. The van der Waals surface area contributed by atoms with Crippen molar-refractivity contribution in [2.75, 3.05) is 0 Å². The molecule has 15 heavy (non-hydrogen) atoms. The molecule has 0 fully saturated rings. The average Bonchev–Trinajstić information content (AvgIpc) is 2.71. The van der Waals surface area contributed by atoms with Crippen molar-refractivity contribution in [3.05, 3.63) is 52.2 Å². The number of pyridine rings is 1. The first-order valence-electron chi connectivity index (χ1n) is 4.43. The van der Waals surface area contributed by atoms with Gasteiger partial charge in [-0.15, -0.1) is 11.3 Å². The molecule has 2 aromatic heterocycles. The van der Waals surface area contributed by atoms with Gasteiger partial charge in [0.1, 0.15) is 5.69 Å². The Balaban J connectivity index is 2.19. The normalized spacial score (nSPS) is 10.2. The maximum absolute atomic E-state index is 13.2. The van der Waals surface area contributed by atoms with Crippen molar-refractivity contribution < 1.29 is 9.18 Å². The van der Waals surface area contributed by atoms with Gasteiger partial charge in [-0.3, -0.25) is 9.78 Å². The summed E-state index contributed by atoms with van der Waals surface area (Å²) in [4.78, 5) is 16.3. The summed E-state index contributed by atoms with van der Waals surface area (Å²) >= 11 is 1.48. The minimum atomic E-state index is -0.556. The first-order chi connectivity index (χ1) is 7.27. The maximum Gasteiger partial charge on any atom is 0.189 e. The fraction of sp³-hybridized carbons (Fsp3) is 0.0909. The van der Waals surface area contributed by atoms with Crippen LogP contribution in [0.25, 0.3) is 0 Å². The Kier molecular flexibility index (Phi) is 2.87. The summed E-state index contributed by atoms with van der Waals surface area (Å²) in [6, 6.07) is 6.43. The third kappa shape index (κ3) is 2.27. The molecule has 0 atom stereocenters. The minimum Gasteiger partial charge on any atom is -0.292 e. The minimum absolute atomic E-state index is 0.0779. The van der Waals surface area contributed by atoms with Crippen molar-refractivity contribution in [1.29, 1.82) is 0 Å². The summed E-state index contributed by atoms with van der Waals surface area (Å²) in [5, 5.41) is 1.89. The SMILES string of the molecule is O=C(Cc1cccs1)c1ncccc1F. The largest absolute Gasteiger partial charge is 0.292 e. The second kappa shape index (κ2) is 4.31. The second-order valence-electron chi connectivity index (χ2n) is 3.01. The molecule has 2 rings (SSSR count). The molecule has 2 nitrogen and oxygen atoms in total. The predicted molar refractivity (Wildman–Crippen MR) is 56.5 cm³/mol. The van der Waals surface area contributed by atoms with Crippen LogP contribution in [0, 0.1) is 5.82 Å². The van der Waals surface area contributed by atoms with Crippen LogP contribution in [0.2, 0.25) is 0 Å². The molecule has 0 unspecified atom stereocenters. The first kappa shape index (κ1) is 9.98. The number of aromatic nitrogens is 1. The fourth-order valence-corrected chi connectivity index (χ4v) is 1.95. The number of carbonyl (C=O) groups excluding carboxylic acids is 1. The van der Waals surface area contributed by atoms with E-state index >= 15 is 0 Å². The van der Waals surface area contributed by atoms with Crippen LogP contribution in [0.5, 0.6) is 0 Å². The number of ketones is 1. The molecule has 0 bridgehead atoms. The van der Waals surface area contributed by atoms with E-state index in [1.807, 2.05) is 17.5 Å². The van der Waals surface area contributed by atoms with Gasteiger partial charge in [0.2, 0.25) is 0 Å². The summed E-state index contributed by atoms with van der Waals surface area (Å²) in [7, 11) is 0. The molecule has 76 valence electrons. The van der Waals surface area contributed by atoms with Crippen LogP contribution in [0.1, 0.15) is 15.4 Å². The van der Waals surface area contributed by atoms with Gasteiger partial charge in [0.15, 0.2) is 11.6 Å². The van der Waals surface area contributed by atoms with Crippen molar-refractivity contribution >= 4 is 17.1 Å². The Morgan fingerprint density at radius 3 is 2.93 bits per heavy atom. The van der Waals surface area contributed by atoms with E-state index in [-0.39, 0.29) is 17.9 Å². The topological polar surface area (TPSA) is 30.0 Å². The fourth-order valence-electron chi connectivity index (χ4n) is 1.25. The molecule has 0 amide bonds. The van der Waals surface area contributed by atoms with E-state index in [2.05, 4.69) is 4.98 Å². The van der Waals surface area contributed by atoms with Crippen LogP contribution >= 0.6 is 11.3 Å². The van der Waals surface area contributed by atoms with Crippen LogP contribution < -0.4 is 0 Å². The van der Waals surface area contributed by atoms with Gasteiger partial charge in [-0.2, -0.15) is 0 Å². The van der Waals surface area contributed by atoms with Gasteiger partial charge >= 0.3 is 0 Å². The quantitative estimate of drug-likeness (QED) is 0.746. The highest BCUT2D eigenvalue weighted by Crippen LogP contribution is 2.13.